The molecule has 4 aromatic rings. The zero-order valence-electron chi connectivity index (χ0n) is 23.0. The molecule has 0 radical (unpaired) electrons. The molecule has 1 N–H and O–H groups in total. The predicted octanol–water partition coefficient (Wildman–Crippen LogP) is 5.08. The second kappa shape index (κ2) is 9.69. The number of ketones is 2. The van der Waals surface area contributed by atoms with E-state index in [2.05, 4.69) is 10.3 Å². The highest BCUT2D eigenvalue weighted by atomic mass is 16.5. The first-order chi connectivity index (χ1) is 20.5. The molecule has 0 saturated carbocycles. The van der Waals surface area contributed by atoms with E-state index < -0.39 is 23.4 Å². The third-order valence-electron chi connectivity index (χ3n) is 8.71. The summed E-state index contributed by atoms with van der Waals surface area (Å²) in [5, 5.41) is 3.06. The van der Waals surface area contributed by atoms with Crippen LogP contribution in [0.25, 0.3) is 6.08 Å². The second-order valence-corrected chi connectivity index (χ2v) is 10.6. The van der Waals surface area contributed by atoms with Crippen molar-refractivity contribution in [1.29, 1.82) is 0 Å². The number of amides is 1. The number of nitrogens with one attached hydrogen (secondary N) is 1. The maximum atomic E-state index is 15.0. The normalized spacial score (nSPS) is 23.1. The minimum Gasteiger partial charge on any atom is -0.497 e. The second-order valence-electron chi connectivity index (χ2n) is 10.6. The van der Waals surface area contributed by atoms with Crippen LogP contribution in [0.1, 0.15) is 43.6 Å². The molecule has 3 aromatic carbocycles. The van der Waals surface area contributed by atoms with Gasteiger partial charge in [-0.25, -0.2) is 0 Å². The van der Waals surface area contributed by atoms with E-state index >= 15 is 4.79 Å². The molecule has 1 amide bonds. The summed E-state index contributed by atoms with van der Waals surface area (Å²) in [4.78, 5) is 50.3. The number of carbonyl (C=O) groups is 3. The van der Waals surface area contributed by atoms with Gasteiger partial charge in [0.25, 0.3) is 0 Å². The lowest BCUT2D eigenvalue weighted by Gasteiger charge is -2.38. The fraction of sp³-hybridized carbons (Fsp3) is 0.176. The van der Waals surface area contributed by atoms with Gasteiger partial charge < -0.3 is 19.7 Å². The van der Waals surface area contributed by atoms with Crippen molar-refractivity contribution in [2.24, 2.45) is 5.92 Å². The fourth-order valence-electron chi connectivity index (χ4n) is 7.00. The number of para-hydroxylation sites is 1. The van der Waals surface area contributed by atoms with Gasteiger partial charge in [-0.05, 0) is 53.1 Å². The van der Waals surface area contributed by atoms with E-state index in [4.69, 9.17) is 9.47 Å². The van der Waals surface area contributed by atoms with Crippen molar-refractivity contribution < 1.29 is 23.9 Å². The first-order valence-corrected chi connectivity index (χ1v) is 13.7. The number of pyridine rings is 1. The number of fused-ring (bicyclic) bond motifs is 6. The molecule has 4 atom stereocenters. The van der Waals surface area contributed by atoms with E-state index in [9.17, 15) is 9.59 Å². The van der Waals surface area contributed by atoms with E-state index in [1.165, 1.54) is 14.2 Å². The topological polar surface area (TPSA) is 97.8 Å². The van der Waals surface area contributed by atoms with Crippen LogP contribution in [0.4, 0.5) is 5.69 Å². The van der Waals surface area contributed by atoms with Gasteiger partial charge in [0.15, 0.2) is 5.78 Å². The summed E-state index contributed by atoms with van der Waals surface area (Å²) in [6, 6.07) is 23.6. The summed E-state index contributed by atoms with van der Waals surface area (Å²) < 4.78 is 11.0. The van der Waals surface area contributed by atoms with Crippen LogP contribution in [0.2, 0.25) is 0 Å². The number of nitrogens with zero attached hydrogens (tertiary/aromatic N) is 2. The molecule has 208 valence electrons. The number of carbonyl (C=O) groups excluding carboxylic acids is 3. The molecule has 1 aromatic heterocycles. The molecule has 1 fully saturated rings. The van der Waals surface area contributed by atoms with Gasteiger partial charge in [-0.15, -0.1) is 0 Å². The average Bonchev–Trinajstić information content (AvgIpc) is 3.52. The van der Waals surface area contributed by atoms with E-state index in [-0.39, 0.29) is 28.7 Å². The van der Waals surface area contributed by atoms with Gasteiger partial charge in [-0.1, -0.05) is 48.5 Å². The van der Waals surface area contributed by atoms with Crippen LogP contribution in [-0.4, -0.2) is 47.6 Å². The van der Waals surface area contributed by atoms with E-state index in [0.717, 1.165) is 11.1 Å². The van der Waals surface area contributed by atoms with Crippen LogP contribution in [0.3, 0.4) is 0 Å². The standard InChI is InChI=1S/C34H27N3O5/c1-41-21-14-15-23(27(19-21)42-2)30(38)28-29(31(39)26-13-7-8-17-35-26)37-18-16-20-9-3-4-10-22(20)32(37)34(28)24-11-5-6-12-25(24)36-33(34)40/h3-19,28-29,32H,1-2H3,(H,36,40)/t28-,29+,32-,34+/m0/s1. The average molecular weight is 558 g/mol. The van der Waals surface area contributed by atoms with Gasteiger partial charge in [0.1, 0.15) is 28.6 Å². The van der Waals surface area contributed by atoms with Gasteiger partial charge in [-0.3, -0.25) is 19.4 Å². The zero-order chi connectivity index (χ0) is 29.0. The molecule has 7 rings (SSSR count). The Bertz CT molecular complexity index is 1790. The molecule has 42 heavy (non-hydrogen) atoms. The number of benzene rings is 3. The van der Waals surface area contributed by atoms with Crippen molar-refractivity contribution in [2.45, 2.75) is 17.5 Å². The van der Waals surface area contributed by atoms with Crippen molar-refractivity contribution in [2.75, 3.05) is 19.5 Å². The molecule has 1 saturated heterocycles. The number of anilines is 1. The number of hydrogen-bond donors (Lipinski definition) is 1. The number of ether oxygens (including phenoxy) is 2. The molecule has 3 aliphatic rings. The Hall–Kier alpha value is -5.24. The van der Waals surface area contributed by atoms with Crippen molar-refractivity contribution in [1.82, 2.24) is 9.88 Å². The Balaban J connectivity index is 1.54. The van der Waals surface area contributed by atoms with Gasteiger partial charge in [-0.2, -0.15) is 0 Å². The molecule has 3 aliphatic heterocycles. The largest absolute Gasteiger partial charge is 0.497 e. The lowest BCUT2D eigenvalue weighted by Crippen LogP contribution is -2.49. The molecular formula is C34H27N3O5. The number of rotatable bonds is 6. The van der Waals surface area contributed by atoms with E-state index in [1.807, 2.05) is 65.7 Å². The molecule has 4 heterocycles. The number of aromatic nitrogens is 1. The van der Waals surface area contributed by atoms with Crippen LogP contribution >= 0.6 is 0 Å². The predicted molar refractivity (Wildman–Crippen MR) is 157 cm³/mol. The number of hydrogen-bond acceptors (Lipinski definition) is 7. The summed E-state index contributed by atoms with van der Waals surface area (Å²) in [5.74, 6) is -1.36. The Labute approximate surface area is 242 Å². The molecule has 0 aliphatic carbocycles. The van der Waals surface area contributed by atoms with Crippen LogP contribution in [0.15, 0.2) is 97.3 Å². The Morgan fingerprint density at radius 3 is 2.48 bits per heavy atom. The lowest BCUT2D eigenvalue weighted by atomic mass is 9.62. The summed E-state index contributed by atoms with van der Waals surface area (Å²) in [5.41, 5.74) is 2.14. The monoisotopic (exact) mass is 557 g/mol. The van der Waals surface area contributed by atoms with Crippen LogP contribution < -0.4 is 14.8 Å². The van der Waals surface area contributed by atoms with Crippen LogP contribution in [0, 0.1) is 5.92 Å². The van der Waals surface area contributed by atoms with Gasteiger partial charge in [0, 0.05) is 24.2 Å². The highest BCUT2D eigenvalue weighted by Crippen LogP contribution is 2.62. The first kappa shape index (κ1) is 25.7. The minimum atomic E-state index is -1.44. The number of Topliss-reactive ketones (excluding diaryl/α,β-unsaturated/α-hetero) is 2. The summed E-state index contributed by atoms with van der Waals surface area (Å²) >= 11 is 0. The van der Waals surface area contributed by atoms with E-state index in [1.54, 1.807) is 42.6 Å². The van der Waals surface area contributed by atoms with Gasteiger partial charge >= 0.3 is 0 Å². The fourth-order valence-corrected chi connectivity index (χ4v) is 7.00. The molecular weight excluding hydrogens is 530 g/mol. The molecule has 8 nitrogen and oxygen atoms in total. The first-order valence-electron chi connectivity index (χ1n) is 13.7. The SMILES string of the molecule is COc1ccc(C(=O)[C@@H]2[C@H](C(=O)c3ccccn3)N3C=Cc4ccccc4[C@H]3[C@]23C(=O)Nc2ccccc23)c(OC)c1. The van der Waals surface area contributed by atoms with Crippen LogP contribution in [0.5, 0.6) is 11.5 Å². The summed E-state index contributed by atoms with van der Waals surface area (Å²) in [7, 11) is 3.01. The molecule has 1 spiro atoms. The number of methoxy groups -OCH3 is 2. The van der Waals surface area contributed by atoms with E-state index in [0.29, 0.717) is 22.7 Å². The van der Waals surface area contributed by atoms with Crippen molar-refractivity contribution in [3.05, 3.63) is 125 Å². The maximum Gasteiger partial charge on any atom is 0.238 e. The molecule has 0 unspecified atom stereocenters. The highest BCUT2D eigenvalue weighted by molar-refractivity contribution is 6.17. The minimum absolute atomic E-state index is 0.219. The lowest BCUT2D eigenvalue weighted by molar-refractivity contribution is -0.122. The molecule has 8 heteroatoms. The highest BCUT2D eigenvalue weighted by Gasteiger charge is 2.71. The van der Waals surface area contributed by atoms with Crippen LogP contribution in [-0.2, 0) is 10.2 Å². The van der Waals surface area contributed by atoms with Crippen molar-refractivity contribution in [3.63, 3.8) is 0 Å². The Kier molecular flexibility index (Phi) is 5.93. The van der Waals surface area contributed by atoms with Gasteiger partial charge in [0.2, 0.25) is 11.7 Å². The Morgan fingerprint density at radius 2 is 1.69 bits per heavy atom. The summed E-state index contributed by atoms with van der Waals surface area (Å²) in [6.45, 7) is 0. The Morgan fingerprint density at radius 1 is 0.905 bits per heavy atom. The zero-order valence-corrected chi connectivity index (χ0v) is 23.0. The van der Waals surface area contributed by atoms with Gasteiger partial charge in [0.05, 0.1) is 31.7 Å². The third-order valence-corrected chi connectivity index (χ3v) is 8.71. The van der Waals surface area contributed by atoms with Crippen molar-refractivity contribution in [3.8, 4) is 11.5 Å². The smallest absolute Gasteiger partial charge is 0.238 e. The third kappa shape index (κ3) is 3.48. The van der Waals surface area contributed by atoms with Crippen molar-refractivity contribution >= 4 is 29.2 Å². The maximum absolute atomic E-state index is 15.0. The summed E-state index contributed by atoms with van der Waals surface area (Å²) in [6.07, 6.45) is 5.32. The quantitative estimate of drug-likeness (QED) is 0.330. The molecule has 0 bridgehead atoms.